The predicted octanol–water partition coefficient (Wildman–Crippen LogP) is 4.70. The zero-order chi connectivity index (χ0) is 23.1. The minimum atomic E-state index is -2.57. The molecule has 1 heterocycles. The molecule has 1 aromatic carbocycles. The van der Waals surface area contributed by atoms with Crippen molar-refractivity contribution >= 4 is 35.0 Å². The number of carbonyl (C=O) groups is 2. The van der Waals surface area contributed by atoms with Crippen molar-refractivity contribution in [3.05, 3.63) is 57.8 Å². The monoisotopic (exact) mass is 485 g/mol. The van der Waals surface area contributed by atoms with Crippen LogP contribution in [-0.4, -0.2) is 29.4 Å². The molecular formula is C22H23Cl2F2N3O3. The van der Waals surface area contributed by atoms with Crippen molar-refractivity contribution in [2.75, 3.05) is 6.61 Å². The smallest absolute Gasteiger partial charge is 0.265 e. The predicted molar refractivity (Wildman–Crippen MR) is 117 cm³/mol. The van der Waals surface area contributed by atoms with Crippen LogP contribution in [0.2, 0.25) is 10.0 Å². The van der Waals surface area contributed by atoms with E-state index in [9.17, 15) is 18.4 Å². The van der Waals surface area contributed by atoms with Crippen LogP contribution in [-0.2, 0) is 16.1 Å². The topological polar surface area (TPSA) is 80.3 Å². The third-order valence-electron chi connectivity index (χ3n) is 5.27. The zero-order valence-electron chi connectivity index (χ0n) is 17.1. The largest absolute Gasteiger partial charge is 0.484 e. The second kappa shape index (κ2) is 11.4. The lowest BCUT2D eigenvalue weighted by atomic mass is 9.85. The van der Waals surface area contributed by atoms with Crippen molar-refractivity contribution in [3.63, 3.8) is 0 Å². The Morgan fingerprint density at radius 1 is 1.09 bits per heavy atom. The third-order valence-corrected chi connectivity index (χ3v) is 6.01. The Hall–Kier alpha value is -2.45. The van der Waals surface area contributed by atoms with Gasteiger partial charge in [0.25, 0.3) is 12.3 Å². The SMILES string of the molecule is O=C(COc1ccc(Cl)c(Cl)c1)N[C@H]1CC[C@H](C(=O)NCc2ccc(C(F)F)cn2)CC1. The molecule has 32 heavy (non-hydrogen) atoms. The van der Waals surface area contributed by atoms with Gasteiger partial charge in [-0.1, -0.05) is 23.2 Å². The molecule has 3 rings (SSSR count). The molecule has 0 spiro atoms. The number of amides is 2. The van der Waals surface area contributed by atoms with Crippen molar-refractivity contribution in [2.24, 2.45) is 5.92 Å². The molecule has 2 N–H and O–H groups in total. The van der Waals surface area contributed by atoms with Crippen LogP contribution >= 0.6 is 23.2 Å². The molecule has 0 radical (unpaired) electrons. The van der Waals surface area contributed by atoms with E-state index < -0.39 is 6.43 Å². The number of alkyl halides is 2. The standard InChI is InChI=1S/C22H23Cl2F2N3O3/c23-18-8-7-17(9-19(18)24)32-12-20(30)29-15-4-1-13(2-5-15)22(31)28-11-16-6-3-14(10-27-16)21(25)26/h3,6-10,13,15,21H,1-2,4-5,11-12H2,(H,28,31)(H,29,30)/t13-,15-. The van der Waals surface area contributed by atoms with E-state index in [1.807, 2.05) is 0 Å². The molecule has 1 saturated carbocycles. The quantitative estimate of drug-likeness (QED) is 0.567. The number of hydrogen-bond donors (Lipinski definition) is 2. The highest BCUT2D eigenvalue weighted by Crippen LogP contribution is 2.27. The van der Waals surface area contributed by atoms with Crippen LogP contribution in [0.1, 0.15) is 43.4 Å². The molecule has 0 aliphatic heterocycles. The highest BCUT2D eigenvalue weighted by Gasteiger charge is 2.27. The van der Waals surface area contributed by atoms with Gasteiger partial charge >= 0.3 is 0 Å². The van der Waals surface area contributed by atoms with Gasteiger partial charge in [0.1, 0.15) is 5.75 Å². The molecule has 172 valence electrons. The maximum atomic E-state index is 12.6. The van der Waals surface area contributed by atoms with E-state index in [1.54, 1.807) is 18.2 Å². The Morgan fingerprint density at radius 3 is 2.47 bits per heavy atom. The van der Waals surface area contributed by atoms with Gasteiger partial charge in [-0.15, -0.1) is 0 Å². The van der Waals surface area contributed by atoms with Crippen LogP contribution in [0.5, 0.6) is 5.75 Å². The number of aromatic nitrogens is 1. The Balaban J connectivity index is 1.36. The lowest BCUT2D eigenvalue weighted by molar-refractivity contribution is -0.126. The van der Waals surface area contributed by atoms with Crippen LogP contribution < -0.4 is 15.4 Å². The normalized spacial score (nSPS) is 18.3. The average Bonchev–Trinajstić information content (AvgIpc) is 2.79. The number of hydrogen-bond acceptors (Lipinski definition) is 4. The van der Waals surface area contributed by atoms with Crippen molar-refractivity contribution in [1.29, 1.82) is 0 Å². The summed E-state index contributed by atoms with van der Waals surface area (Å²) in [5.74, 6) is -0.0519. The first kappa shape index (κ1) is 24.2. The fraction of sp³-hybridized carbons (Fsp3) is 0.409. The minimum Gasteiger partial charge on any atom is -0.484 e. The van der Waals surface area contributed by atoms with Gasteiger partial charge in [-0.25, -0.2) is 8.78 Å². The van der Waals surface area contributed by atoms with Crippen LogP contribution in [0.15, 0.2) is 36.5 Å². The van der Waals surface area contributed by atoms with E-state index in [4.69, 9.17) is 27.9 Å². The fourth-order valence-corrected chi connectivity index (χ4v) is 3.76. The number of ether oxygens (including phenoxy) is 1. The molecule has 2 aromatic rings. The van der Waals surface area contributed by atoms with Gasteiger partial charge in [0.05, 0.1) is 22.3 Å². The fourth-order valence-electron chi connectivity index (χ4n) is 3.48. The van der Waals surface area contributed by atoms with E-state index in [0.29, 0.717) is 47.2 Å². The number of carbonyl (C=O) groups excluding carboxylic acids is 2. The number of pyridine rings is 1. The molecule has 1 aromatic heterocycles. The summed E-state index contributed by atoms with van der Waals surface area (Å²) < 4.78 is 30.6. The molecule has 10 heteroatoms. The lowest BCUT2D eigenvalue weighted by Crippen LogP contribution is -2.42. The molecule has 0 bridgehead atoms. The summed E-state index contributed by atoms with van der Waals surface area (Å²) in [4.78, 5) is 28.5. The van der Waals surface area contributed by atoms with E-state index in [-0.39, 0.29) is 42.5 Å². The highest BCUT2D eigenvalue weighted by atomic mass is 35.5. The van der Waals surface area contributed by atoms with Crippen molar-refractivity contribution in [1.82, 2.24) is 15.6 Å². The summed E-state index contributed by atoms with van der Waals surface area (Å²) >= 11 is 11.8. The number of nitrogens with one attached hydrogen (secondary N) is 2. The van der Waals surface area contributed by atoms with Gasteiger partial charge in [0.2, 0.25) is 5.91 Å². The van der Waals surface area contributed by atoms with Gasteiger partial charge < -0.3 is 15.4 Å². The minimum absolute atomic E-state index is 0.0208. The second-order valence-corrected chi connectivity index (χ2v) is 8.40. The van der Waals surface area contributed by atoms with Gasteiger partial charge in [-0.05, 0) is 49.9 Å². The van der Waals surface area contributed by atoms with Gasteiger partial charge in [0, 0.05) is 29.8 Å². The first-order valence-corrected chi connectivity index (χ1v) is 11.0. The second-order valence-electron chi connectivity index (χ2n) is 7.58. The summed E-state index contributed by atoms with van der Waals surface area (Å²) in [6.45, 7) is 0.0425. The summed E-state index contributed by atoms with van der Waals surface area (Å²) in [6.07, 6.45) is 1.19. The van der Waals surface area contributed by atoms with Crippen molar-refractivity contribution in [2.45, 2.75) is 44.7 Å². The summed E-state index contributed by atoms with van der Waals surface area (Å²) in [7, 11) is 0. The number of benzene rings is 1. The first-order chi connectivity index (χ1) is 15.3. The maximum absolute atomic E-state index is 12.6. The van der Waals surface area contributed by atoms with Gasteiger partial charge in [-0.3, -0.25) is 14.6 Å². The molecule has 0 unspecified atom stereocenters. The summed E-state index contributed by atoms with van der Waals surface area (Å²) in [5, 5.41) is 6.48. The maximum Gasteiger partial charge on any atom is 0.265 e. The third kappa shape index (κ3) is 7.03. The Labute approximate surface area is 194 Å². The number of rotatable bonds is 8. The zero-order valence-corrected chi connectivity index (χ0v) is 18.6. The molecule has 0 atom stereocenters. The van der Waals surface area contributed by atoms with Crippen LogP contribution in [0, 0.1) is 5.92 Å². The Bertz CT molecular complexity index is 937. The van der Waals surface area contributed by atoms with Crippen molar-refractivity contribution in [3.8, 4) is 5.75 Å². The summed E-state index contributed by atoms with van der Waals surface area (Å²) in [5.41, 5.74) is 0.369. The van der Waals surface area contributed by atoms with Crippen LogP contribution in [0.4, 0.5) is 8.78 Å². The van der Waals surface area contributed by atoms with Gasteiger partial charge in [0.15, 0.2) is 6.61 Å². The van der Waals surface area contributed by atoms with Crippen molar-refractivity contribution < 1.29 is 23.1 Å². The molecule has 2 amide bonds. The van der Waals surface area contributed by atoms with E-state index in [0.717, 1.165) is 6.20 Å². The average molecular weight is 486 g/mol. The van der Waals surface area contributed by atoms with Gasteiger partial charge in [-0.2, -0.15) is 0 Å². The van der Waals surface area contributed by atoms with E-state index in [2.05, 4.69) is 15.6 Å². The van der Waals surface area contributed by atoms with Crippen LogP contribution in [0.25, 0.3) is 0 Å². The molecule has 1 aliphatic carbocycles. The molecule has 6 nitrogen and oxygen atoms in total. The molecular weight excluding hydrogens is 463 g/mol. The first-order valence-electron chi connectivity index (χ1n) is 10.2. The number of halogens is 4. The molecule has 0 saturated heterocycles. The van der Waals surface area contributed by atoms with E-state index >= 15 is 0 Å². The van der Waals surface area contributed by atoms with E-state index in [1.165, 1.54) is 12.1 Å². The molecule has 1 aliphatic rings. The lowest BCUT2D eigenvalue weighted by Gasteiger charge is -2.28. The highest BCUT2D eigenvalue weighted by molar-refractivity contribution is 6.42. The Morgan fingerprint density at radius 2 is 1.84 bits per heavy atom. The van der Waals surface area contributed by atoms with Crippen LogP contribution in [0.3, 0.4) is 0 Å². The summed E-state index contributed by atoms with van der Waals surface area (Å²) in [6, 6.07) is 7.54. The number of nitrogens with zero attached hydrogens (tertiary/aromatic N) is 1. The Kier molecular flexibility index (Phi) is 8.64. The molecule has 1 fully saturated rings.